The Morgan fingerprint density at radius 1 is 1.32 bits per heavy atom. The molecule has 2 aromatic heterocycles. The monoisotopic (exact) mass is 272 g/mol. The fourth-order valence-corrected chi connectivity index (χ4v) is 1.88. The average molecular weight is 272 g/mol. The van der Waals surface area contributed by atoms with Crippen molar-refractivity contribution in [3.8, 4) is 0 Å². The highest BCUT2D eigenvalue weighted by Crippen LogP contribution is 2.28. The zero-order valence-electron chi connectivity index (χ0n) is 10.0. The van der Waals surface area contributed by atoms with Crippen LogP contribution in [0.5, 0.6) is 0 Å². The Bertz CT molecular complexity index is 603. The summed E-state index contributed by atoms with van der Waals surface area (Å²) in [5.41, 5.74) is 0.0798. The molecule has 0 unspecified atom stereocenters. The third kappa shape index (κ3) is 1.99. The molecule has 0 atom stereocenters. The van der Waals surface area contributed by atoms with Crippen LogP contribution in [0.3, 0.4) is 0 Å². The summed E-state index contributed by atoms with van der Waals surface area (Å²) < 4.78 is 38.9. The molecule has 2 aromatic rings. The quantitative estimate of drug-likeness (QED) is 0.865. The Balaban J connectivity index is 2.03. The van der Waals surface area contributed by atoms with Crippen molar-refractivity contribution >= 4 is 11.5 Å². The largest absolute Gasteiger partial charge is 0.453 e. The number of alkyl halides is 3. The van der Waals surface area contributed by atoms with Crippen molar-refractivity contribution in [2.24, 2.45) is 0 Å². The van der Waals surface area contributed by atoms with Gasteiger partial charge in [0, 0.05) is 20.1 Å². The maximum Gasteiger partial charge on any atom is 0.453 e. The maximum absolute atomic E-state index is 12.7. The molecule has 1 aliphatic heterocycles. The Labute approximate surface area is 106 Å². The maximum atomic E-state index is 12.7. The summed E-state index contributed by atoms with van der Waals surface area (Å²) in [5, 5.41) is 13.7. The number of aromatic nitrogens is 4. The van der Waals surface area contributed by atoms with E-state index in [0.717, 1.165) is 17.6 Å². The highest BCUT2D eigenvalue weighted by Gasteiger charge is 2.37. The number of anilines is 1. The van der Waals surface area contributed by atoms with Gasteiger partial charge in [0.25, 0.3) is 5.82 Å². The number of rotatable bonds is 2. The first-order valence-electron chi connectivity index (χ1n) is 5.70. The molecule has 0 aromatic carbocycles. The van der Waals surface area contributed by atoms with E-state index in [9.17, 15) is 13.2 Å². The van der Waals surface area contributed by atoms with Crippen LogP contribution in [0.4, 0.5) is 19.0 Å². The molecule has 1 aliphatic rings. The van der Waals surface area contributed by atoms with Crippen molar-refractivity contribution in [1.82, 2.24) is 25.1 Å². The summed E-state index contributed by atoms with van der Waals surface area (Å²) >= 11 is 0. The van der Waals surface area contributed by atoms with Crippen molar-refractivity contribution in [1.29, 1.82) is 0 Å². The van der Waals surface area contributed by atoms with Crippen LogP contribution in [0.2, 0.25) is 0 Å². The summed E-state index contributed by atoms with van der Waals surface area (Å²) in [7, 11) is 1.80. The third-order valence-corrected chi connectivity index (χ3v) is 3.17. The average Bonchev–Trinajstić information content (AvgIpc) is 2.68. The molecule has 19 heavy (non-hydrogen) atoms. The summed E-state index contributed by atoms with van der Waals surface area (Å²) in [4.78, 5) is 1.84. The summed E-state index contributed by atoms with van der Waals surface area (Å²) in [5.74, 6) is -0.645. The second-order valence-corrected chi connectivity index (χ2v) is 4.41. The lowest BCUT2D eigenvalue weighted by molar-refractivity contribution is -0.146. The van der Waals surface area contributed by atoms with Gasteiger partial charge in [0.1, 0.15) is 5.82 Å². The molecule has 3 rings (SSSR count). The van der Waals surface area contributed by atoms with E-state index < -0.39 is 12.0 Å². The summed E-state index contributed by atoms with van der Waals surface area (Å²) in [6.45, 7) is 1.59. The minimum Gasteiger partial charge on any atom is -0.353 e. The number of nitrogens with zero attached hydrogens (tertiary/aromatic N) is 5. The topological polar surface area (TPSA) is 58.4 Å². The molecule has 1 N–H and O–H groups in total. The Morgan fingerprint density at radius 3 is 2.63 bits per heavy atom. The fourth-order valence-electron chi connectivity index (χ4n) is 1.88. The van der Waals surface area contributed by atoms with Crippen molar-refractivity contribution in [3.63, 3.8) is 0 Å². The van der Waals surface area contributed by atoms with Crippen LogP contribution in [-0.4, -0.2) is 46.0 Å². The molecule has 3 heterocycles. The number of fused-ring (bicyclic) bond motifs is 1. The van der Waals surface area contributed by atoms with E-state index >= 15 is 0 Å². The van der Waals surface area contributed by atoms with Crippen molar-refractivity contribution in [2.75, 3.05) is 25.0 Å². The molecular formula is C10H11F3N6. The Hall–Kier alpha value is -1.90. The first-order valence-corrected chi connectivity index (χ1v) is 5.70. The van der Waals surface area contributed by atoms with Gasteiger partial charge < -0.3 is 10.2 Å². The predicted octanol–water partition coefficient (Wildman–Crippen LogP) is 0.551. The molecule has 1 fully saturated rings. The number of halogens is 3. The van der Waals surface area contributed by atoms with E-state index in [1.54, 1.807) is 13.1 Å². The third-order valence-electron chi connectivity index (χ3n) is 3.17. The molecule has 0 bridgehead atoms. The van der Waals surface area contributed by atoms with Gasteiger partial charge in [-0.3, -0.25) is 0 Å². The highest BCUT2D eigenvalue weighted by molar-refractivity contribution is 5.46. The molecule has 6 nitrogen and oxygen atoms in total. The van der Waals surface area contributed by atoms with E-state index in [1.807, 2.05) is 4.90 Å². The molecule has 0 radical (unpaired) electrons. The van der Waals surface area contributed by atoms with Crippen molar-refractivity contribution in [2.45, 2.75) is 12.2 Å². The summed E-state index contributed by atoms with van der Waals surface area (Å²) in [6.07, 6.45) is -4.57. The first-order chi connectivity index (χ1) is 8.97. The van der Waals surface area contributed by atoms with Crippen LogP contribution >= 0.6 is 0 Å². The number of hydrogen-bond acceptors (Lipinski definition) is 5. The molecule has 1 saturated heterocycles. The molecule has 9 heteroatoms. The van der Waals surface area contributed by atoms with Crippen LogP contribution in [-0.2, 0) is 6.18 Å². The molecule has 0 amide bonds. The van der Waals surface area contributed by atoms with Gasteiger partial charge in [-0.15, -0.1) is 15.3 Å². The second-order valence-electron chi connectivity index (χ2n) is 4.41. The lowest BCUT2D eigenvalue weighted by Crippen LogP contribution is -2.56. The number of nitrogens with one attached hydrogen (secondary N) is 1. The molecule has 0 spiro atoms. The normalized spacial score (nSPS) is 16.6. The smallest absolute Gasteiger partial charge is 0.353 e. The Kier molecular flexibility index (Phi) is 2.59. The molecule has 102 valence electrons. The van der Waals surface area contributed by atoms with Crippen LogP contribution in [0.15, 0.2) is 12.1 Å². The van der Waals surface area contributed by atoms with Gasteiger partial charge in [-0.25, -0.2) is 0 Å². The minimum absolute atomic E-state index is 0.0798. The Morgan fingerprint density at radius 2 is 2.05 bits per heavy atom. The van der Waals surface area contributed by atoms with Crippen LogP contribution < -0.4 is 10.2 Å². The molecular weight excluding hydrogens is 261 g/mol. The van der Waals surface area contributed by atoms with Crippen LogP contribution in [0, 0.1) is 0 Å². The van der Waals surface area contributed by atoms with Gasteiger partial charge in [-0.2, -0.15) is 17.7 Å². The van der Waals surface area contributed by atoms with Crippen LogP contribution in [0.1, 0.15) is 5.82 Å². The van der Waals surface area contributed by atoms with Gasteiger partial charge >= 0.3 is 6.18 Å². The zero-order valence-corrected chi connectivity index (χ0v) is 10.0. The van der Waals surface area contributed by atoms with Crippen molar-refractivity contribution in [3.05, 3.63) is 18.0 Å². The van der Waals surface area contributed by atoms with E-state index in [-0.39, 0.29) is 11.7 Å². The van der Waals surface area contributed by atoms with Crippen LogP contribution in [0.25, 0.3) is 5.65 Å². The van der Waals surface area contributed by atoms with Gasteiger partial charge in [0.05, 0.1) is 6.04 Å². The van der Waals surface area contributed by atoms with Gasteiger partial charge in [-0.1, -0.05) is 0 Å². The SMILES string of the molecule is CN(c1ccc2nnc(C(F)(F)F)n2n1)C1CNC1. The highest BCUT2D eigenvalue weighted by atomic mass is 19.4. The molecule has 0 aliphatic carbocycles. The standard InChI is InChI=1S/C10H11F3N6/c1-18(6-4-14-5-6)8-3-2-7-15-16-9(10(11,12)13)19(7)17-8/h2-3,6,14H,4-5H2,1H3. The lowest BCUT2D eigenvalue weighted by Gasteiger charge is -2.36. The van der Waals surface area contributed by atoms with Gasteiger partial charge in [-0.05, 0) is 12.1 Å². The lowest BCUT2D eigenvalue weighted by atomic mass is 10.1. The van der Waals surface area contributed by atoms with Crippen molar-refractivity contribution < 1.29 is 13.2 Å². The van der Waals surface area contributed by atoms with E-state index in [0.29, 0.717) is 5.82 Å². The summed E-state index contributed by atoms with van der Waals surface area (Å²) in [6, 6.07) is 3.37. The fraction of sp³-hybridized carbons (Fsp3) is 0.500. The number of hydrogen-bond donors (Lipinski definition) is 1. The second kappa shape index (κ2) is 4.05. The molecule has 0 saturated carbocycles. The van der Waals surface area contributed by atoms with E-state index in [1.165, 1.54) is 6.07 Å². The predicted molar refractivity (Wildman–Crippen MR) is 60.8 cm³/mol. The van der Waals surface area contributed by atoms with Gasteiger partial charge in [0.2, 0.25) is 0 Å². The number of likely N-dealkylation sites (N-methyl/N-ethyl adjacent to an activating group) is 1. The van der Waals surface area contributed by atoms with E-state index in [2.05, 4.69) is 20.6 Å². The van der Waals surface area contributed by atoms with Gasteiger partial charge in [0.15, 0.2) is 5.65 Å². The first kappa shape index (κ1) is 12.2. The van der Waals surface area contributed by atoms with E-state index in [4.69, 9.17) is 0 Å². The zero-order chi connectivity index (χ0) is 13.6. The minimum atomic E-state index is -4.57.